The summed E-state index contributed by atoms with van der Waals surface area (Å²) in [7, 11) is 0. The van der Waals surface area contributed by atoms with E-state index in [1.807, 2.05) is 12.1 Å². The van der Waals surface area contributed by atoms with Gasteiger partial charge in [0.1, 0.15) is 0 Å². The molecule has 1 aliphatic rings. The van der Waals surface area contributed by atoms with Crippen LogP contribution in [0.5, 0.6) is 0 Å². The molecule has 0 radical (unpaired) electrons. The first-order chi connectivity index (χ1) is 7.36. The van der Waals surface area contributed by atoms with Gasteiger partial charge in [-0.2, -0.15) is 0 Å². The van der Waals surface area contributed by atoms with E-state index in [0.29, 0.717) is 6.54 Å². The molecule has 2 rings (SSSR count). The number of rotatable bonds is 3. The molecule has 0 heterocycles. The van der Waals surface area contributed by atoms with Gasteiger partial charge < -0.3 is 4.90 Å². The van der Waals surface area contributed by atoms with Gasteiger partial charge in [0, 0.05) is 0 Å². The predicted octanol–water partition coefficient (Wildman–Crippen LogP) is 1.77. The Kier molecular flexibility index (Phi) is 2.73. The van der Waals surface area contributed by atoms with Crippen LogP contribution in [0.15, 0.2) is 24.3 Å². The molecule has 0 unspecified atom stereocenters. The number of terminal acetylenes is 1. The van der Waals surface area contributed by atoms with Crippen LogP contribution in [-0.4, -0.2) is 17.9 Å². The molecule has 1 aromatic rings. The van der Waals surface area contributed by atoms with Crippen LogP contribution in [0.3, 0.4) is 0 Å². The lowest BCUT2D eigenvalue weighted by Crippen LogP contribution is -2.26. The fourth-order valence-electron chi connectivity index (χ4n) is 2.21. The lowest BCUT2D eigenvalue weighted by atomic mass is 10.1. The van der Waals surface area contributed by atoms with Crippen molar-refractivity contribution in [3.8, 4) is 12.3 Å². The van der Waals surface area contributed by atoms with Crippen LogP contribution in [0.4, 0.5) is 0 Å². The molecule has 76 valence electrons. The van der Waals surface area contributed by atoms with Crippen molar-refractivity contribution >= 4 is 6.41 Å². The molecule has 0 saturated carbocycles. The summed E-state index contributed by atoms with van der Waals surface area (Å²) in [5.41, 5.74) is 2.59. The Balaban J connectivity index is 2.26. The van der Waals surface area contributed by atoms with Crippen molar-refractivity contribution in [1.29, 1.82) is 0 Å². The van der Waals surface area contributed by atoms with E-state index in [1.54, 1.807) is 4.90 Å². The molecule has 0 bridgehead atoms. The molecular formula is C13H13NO. The van der Waals surface area contributed by atoms with E-state index in [4.69, 9.17) is 6.42 Å². The number of amides is 1. The highest BCUT2D eigenvalue weighted by molar-refractivity contribution is 5.51. The summed E-state index contributed by atoms with van der Waals surface area (Å²) < 4.78 is 0. The van der Waals surface area contributed by atoms with Crippen LogP contribution in [0.1, 0.15) is 23.6 Å². The van der Waals surface area contributed by atoms with Crippen molar-refractivity contribution < 1.29 is 4.79 Å². The zero-order chi connectivity index (χ0) is 10.7. The van der Waals surface area contributed by atoms with Gasteiger partial charge in [0.25, 0.3) is 0 Å². The van der Waals surface area contributed by atoms with E-state index in [1.165, 1.54) is 11.1 Å². The van der Waals surface area contributed by atoms with E-state index >= 15 is 0 Å². The predicted molar refractivity (Wildman–Crippen MR) is 59.1 cm³/mol. The molecule has 15 heavy (non-hydrogen) atoms. The maximum absolute atomic E-state index is 10.9. The number of fused-ring (bicyclic) bond motifs is 1. The third-order valence-electron chi connectivity index (χ3n) is 2.91. The van der Waals surface area contributed by atoms with Crippen molar-refractivity contribution in [2.75, 3.05) is 6.54 Å². The maximum atomic E-state index is 10.9. The second kappa shape index (κ2) is 4.18. The zero-order valence-corrected chi connectivity index (χ0v) is 8.52. The van der Waals surface area contributed by atoms with Crippen LogP contribution < -0.4 is 0 Å². The van der Waals surface area contributed by atoms with Crippen LogP contribution in [-0.2, 0) is 11.2 Å². The van der Waals surface area contributed by atoms with Gasteiger partial charge in [-0.25, -0.2) is 0 Å². The molecule has 0 aromatic heterocycles. The SMILES string of the molecule is C#CCN(C=O)[C@@H]1CCc2ccccc21. The number of benzene rings is 1. The maximum Gasteiger partial charge on any atom is 0.211 e. The third-order valence-corrected chi connectivity index (χ3v) is 2.91. The highest BCUT2D eigenvalue weighted by atomic mass is 16.1. The third kappa shape index (κ3) is 1.73. The van der Waals surface area contributed by atoms with Crippen LogP contribution in [0.25, 0.3) is 0 Å². The quantitative estimate of drug-likeness (QED) is 0.536. The number of carbonyl (C=O) groups excluding carboxylic acids is 1. The second-order valence-corrected chi connectivity index (χ2v) is 3.74. The number of hydrogen-bond acceptors (Lipinski definition) is 1. The largest absolute Gasteiger partial charge is 0.327 e. The van der Waals surface area contributed by atoms with E-state index < -0.39 is 0 Å². The molecule has 0 saturated heterocycles. The van der Waals surface area contributed by atoms with Gasteiger partial charge in [0.05, 0.1) is 12.6 Å². The number of nitrogens with zero attached hydrogens (tertiary/aromatic N) is 1. The summed E-state index contributed by atoms with van der Waals surface area (Å²) in [5, 5.41) is 0. The fourth-order valence-corrected chi connectivity index (χ4v) is 2.21. The zero-order valence-electron chi connectivity index (χ0n) is 8.52. The average molecular weight is 199 g/mol. The Morgan fingerprint density at radius 3 is 3.07 bits per heavy atom. The molecule has 0 fully saturated rings. The molecule has 1 aromatic carbocycles. The van der Waals surface area contributed by atoms with Crippen molar-refractivity contribution in [3.05, 3.63) is 35.4 Å². The topological polar surface area (TPSA) is 20.3 Å². The molecular weight excluding hydrogens is 186 g/mol. The van der Waals surface area contributed by atoms with Gasteiger partial charge >= 0.3 is 0 Å². The van der Waals surface area contributed by atoms with Gasteiger partial charge in [0.2, 0.25) is 6.41 Å². The lowest BCUT2D eigenvalue weighted by molar-refractivity contribution is -0.119. The van der Waals surface area contributed by atoms with E-state index in [0.717, 1.165) is 19.3 Å². The molecule has 1 aliphatic carbocycles. The number of aryl methyl sites for hydroxylation is 1. The van der Waals surface area contributed by atoms with Gasteiger partial charge in [0.15, 0.2) is 0 Å². The van der Waals surface area contributed by atoms with Crippen LogP contribution in [0, 0.1) is 12.3 Å². The lowest BCUT2D eigenvalue weighted by Gasteiger charge is -2.23. The van der Waals surface area contributed by atoms with Crippen LogP contribution >= 0.6 is 0 Å². The first-order valence-electron chi connectivity index (χ1n) is 5.09. The molecule has 1 atom stereocenters. The van der Waals surface area contributed by atoms with E-state index in [-0.39, 0.29) is 6.04 Å². The minimum atomic E-state index is 0.176. The summed E-state index contributed by atoms with van der Waals surface area (Å²) in [5.74, 6) is 2.52. The van der Waals surface area contributed by atoms with Crippen molar-refractivity contribution in [1.82, 2.24) is 4.90 Å². The average Bonchev–Trinajstić information content (AvgIpc) is 2.70. The summed E-state index contributed by atoms with van der Waals surface area (Å²) in [4.78, 5) is 12.6. The summed E-state index contributed by atoms with van der Waals surface area (Å²) >= 11 is 0. The van der Waals surface area contributed by atoms with Crippen molar-refractivity contribution in [3.63, 3.8) is 0 Å². The molecule has 0 aliphatic heterocycles. The Labute approximate surface area is 89.9 Å². The monoisotopic (exact) mass is 199 g/mol. The van der Waals surface area contributed by atoms with E-state index in [9.17, 15) is 4.79 Å². The summed E-state index contributed by atoms with van der Waals surface area (Å²) in [6.07, 6.45) is 8.12. The Morgan fingerprint density at radius 2 is 2.33 bits per heavy atom. The first-order valence-corrected chi connectivity index (χ1v) is 5.09. The smallest absolute Gasteiger partial charge is 0.211 e. The molecule has 1 amide bonds. The number of carbonyl (C=O) groups is 1. The Morgan fingerprint density at radius 1 is 1.53 bits per heavy atom. The van der Waals surface area contributed by atoms with Crippen LogP contribution in [0.2, 0.25) is 0 Å². The van der Waals surface area contributed by atoms with E-state index in [2.05, 4.69) is 18.1 Å². The minimum absolute atomic E-state index is 0.176. The summed E-state index contributed by atoms with van der Waals surface area (Å²) in [6, 6.07) is 8.42. The Bertz CT molecular complexity index is 405. The number of hydrogen-bond donors (Lipinski definition) is 0. The van der Waals surface area contributed by atoms with Gasteiger partial charge in [-0.3, -0.25) is 4.79 Å². The normalized spacial score (nSPS) is 17.9. The highest BCUT2D eigenvalue weighted by Gasteiger charge is 2.26. The molecule has 2 nitrogen and oxygen atoms in total. The molecule has 2 heteroatoms. The van der Waals surface area contributed by atoms with Gasteiger partial charge in [-0.1, -0.05) is 30.2 Å². The van der Waals surface area contributed by atoms with Gasteiger partial charge in [-0.15, -0.1) is 6.42 Å². The molecule has 0 N–H and O–H groups in total. The first kappa shape index (κ1) is 9.79. The fraction of sp³-hybridized carbons (Fsp3) is 0.308. The molecule has 0 spiro atoms. The standard InChI is InChI=1S/C13H13NO/c1-2-9-14(10-15)13-8-7-11-5-3-4-6-12(11)13/h1,3-6,10,13H,7-9H2/t13-/m1/s1. The van der Waals surface area contributed by atoms with Gasteiger partial charge in [-0.05, 0) is 24.0 Å². The highest BCUT2D eigenvalue weighted by Crippen LogP contribution is 2.34. The minimum Gasteiger partial charge on any atom is -0.327 e. The Hall–Kier alpha value is -1.75. The summed E-state index contributed by atoms with van der Waals surface area (Å²) in [6.45, 7) is 0.391. The second-order valence-electron chi connectivity index (χ2n) is 3.74. The van der Waals surface area contributed by atoms with Crippen molar-refractivity contribution in [2.45, 2.75) is 18.9 Å². The van der Waals surface area contributed by atoms with Crippen molar-refractivity contribution in [2.24, 2.45) is 0 Å².